The second-order valence-electron chi connectivity index (χ2n) is 3.80. The van der Waals surface area contributed by atoms with Gasteiger partial charge in [-0.2, -0.15) is 0 Å². The summed E-state index contributed by atoms with van der Waals surface area (Å²) in [7, 11) is 0. The summed E-state index contributed by atoms with van der Waals surface area (Å²) >= 11 is 5.22. The molecule has 0 aliphatic carbocycles. The van der Waals surface area contributed by atoms with E-state index in [0.717, 1.165) is 21.9 Å². The normalized spacial score (nSPS) is 10.7. The molecule has 0 unspecified atom stereocenters. The lowest BCUT2D eigenvalue weighted by Gasteiger charge is -2.04. The molecule has 2 heterocycles. The maximum atomic E-state index is 4.47. The zero-order valence-corrected chi connectivity index (χ0v) is 11.8. The quantitative estimate of drug-likeness (QED) is 0.790. The molecule has 0 amide bonds. The molecule has 0 aliphatic rings. The lowest BCUT2D eigenvalue weighted by molar-refractivity contribution is 1.09. The number of para-hydroxylation sites is 1. The van der Waals surface area contributed by atoms with Gasteiger partial charge < -0.3 is 5.32 Å². The average molecular weight is 320 g/mol. The SMILES string of the molecule is Brc1ccsc1CNc1ncc2ccccc2n1. The van der Waals surface area contributed by atoms with Crippen LogP contribution in [0.4, 0.5) is 5.95 Å². The van der Waals surface area contributed by atoms with Crippen molar-refractivity contribution in [1.29, 1.82) is 0 Å². The van der Waals surface area contributed by atoms with Gasteiger partial charge in [0.2, 0.25) is 5.95 Å². The van der Waals surface area contributed by atoms with Gasteiger partial charge in [0.25, 0.3) is 0 Å². The Labute approximate surface area is 117 Å². The number of anilines is 1. The molecule has 0 spiro atoms. The van der Waals surface area contributed by atoms with Gasteiger partial charge in [-0.05, 0) is 33.4 Å². The first-order chi connectivity index (χ1) is 8.83. The van der Waals surface area contributed by atoms with E-state index in [0.29, 0.717) is 5.95 Å². The van der Waals surface area contributed by atoms with E-state index in [1.54, 1.807) is 11.3 Å². The summed E-state index contributed by atoms with van der Waals surface area (Å²) in [5, 5.41) is 6.35. The molecular formula is C13H10BrN3S. The van der Waals surface area contributed by atoms with Crippen LogP contribution < -0.4 is 5.32 Å². The van der Waals surface area contributed by atoms with E-state index in [9.17, 15) is 0 Å². The Morgan fingerprint density at radius 2 is 2.11 bits per heavy atom. The second kappa shape index (κ2) is 5.04. The van der Waals surface area contributed by atoms with Crippen LogP contribution in [0.2, 0.25) is 0 Å². The number of thiophene rings is 1. The molecule has 0 radical (unpaired) electrons. The number of nitrogens with zero attached hydrogens (tertiary/aromatic N) is 2. The van der Waals surface area contributed by atoms with E-state index in [1.807, 2.05) is 36.5 Å². The molecule has 1 aromatic carbocycles. The fourth-order valence-electron chi connectivity index (χ4n) is 1.67. The first kappa shape index (κ1) is 11.6. The van der Waals surface area contributed by atoms with Gasteiger partial charge in [-0.3, -0.25) is 0 Å². The third-order valence-electron chi connectivity index (χ3n) is 2.59. The summed E-state index contributed by atoms with van der Waals surface area (Å²) in [5.41, 5.74) is 0.959. The number of halogens is 1. The number of hydrogen-bond donors (Lipinski definition) is 1. The average Bonchev–Trinajstić information content (AvgIpc) is 2.82. The molecule has 3 rings (SSSR count). The van der Waals surface area contributed by atoms with Gasteiger partial charge in [0, 0.05) is 20.9 Å². The lowest BCUT2D eigenvalue weighted by atomic mass is 10.2. The van der Waals surface area contributed by atoms with E-state index >= 15 is 0 Å². The summed E-state index contributed by atoms with van der Waals surface area (Å²) in [6.07, 6.45) is 1.84. The van der Waals surface area contributed by atoms with E-state index in [2.05, 4.69) is 36.6 Å². The van der Waals surface area contributed by atoms with Crippen LogP contribution in [0.1, 0.15) is 4.88 Å². The van der Waals surface area contributed by atoms with Crippen LogP contribution in [0.5, 0.6) is 0 Å². The number of aromatic nitrogens is 2. The summed E-state index contributed by atoms with van der Waals surface area (Å²) in [5.74, 6) is 0.661. The third-order valence-corrected chi connectivity index (χ3v) is 4.51. The van der Waals surface area contributed by atoms with E-state index in [4.69, 9.17) is 0 Å². The Morgan fingerprint density at radius 3 is 2.94 bits per heavy atom. The number of nitrogens with one attached hydrogen (secondary N) is 1. The van der Waals surface area contributed by atoms with Crippen LogP contribution in [0.25, 0.3) is 10.9 Å². The van der Waals surface area contributed by atoms with Gasteiger partial charge in [-0.1, -0.05) is 18.2 Å². The Morgan fingerprint density at radius 1 is 1.22 bits per heavy atom. The maximum Gasteiger partial charge on any atom is 0.223 e. The summed E-state index contributed by atoms with van der Waals surface area (Å²) in [6, 6.07) is 10.0. The minimum Gasteiger partial charge on any atom is -0.349 e. The second-order valence-corrected chi connectivity index (χ2v) is 5.65. The molecule has 0 aliphatic heterocycles. The highest BCUT2D eigenvalue weighted by Gasteiger charge is 2.03. The summed E-state index contributed by atoms with van der Waals surface area (Å²) in [4.78, 5) is 10.0. The maximum absolute atomic E-state index is 4.47. The topological polar surface area (TPSA) is 37.8 Å². The van der Waals surface area contributed by atoms with Crippen LogP contribution in [-0.2, 0) is 6.54 Å². The third kappa shape index (κ3) is 2.37. The van der Waals surface area contributed by atoms with E-state index in [-0.39, 0.29) is 0 Å². The molecule has 18 heavy (non-hydrogen) atoms. The van der Waals surface area contributed by atoms with Crippen molar-refractivity contribution in [2.45, 2.75) is 6.54 Å². The Bertz CT molecular complexity index is 681. The fraction of sp³-hybridized carbons (Fsp3) is 0.0769. The smallest absolute Gasteiger partial charge is 0.223 e. The Kier molecular flexibility index (Phi) is 3.25. The van der Waals surface area contributed by atoms with Gasteiger partial charge in [0.15, 0.2) is 0 Å². The van der Waals surface area contributed by atoms with Gasteiger partial charge in [0.05, 0.1) is 12.1 Å². The molecular weight excluding hydrogens is 310 g/mol. The zero-order chi connectivity index (χ0) is 12.4. The van der Waals surface area contributed by atoms with Gasteiger partial charge in [-0.25, -0.2) is 9.97 Å². The van der Waals surface area contributed by atoms with Gasteiger partial charge in [0.1, 0.15) is 0 Å². The molecule has 1 N–H and O–H groups in total. The lowest BCUT2D eigenvalue weighted by Crippen LogP contribution is -2.02. The highest BCUT2D eigenvalue weighted by Crippen LogP contribution is 2.23. The molecule has 0 fully saturated rings. The van der Waals surface area contributed by atoms with Gasteiger partial charge >= 0.3 is 0 Å². The van der Waals surface area contributed by atoms with Crippen molar-refractivity contribution in [2.75, 3.05) is 5.32 Å². The predicted molar refractivity (Wildman–Crippen MR) is 78.9 cm³/mol. The number of rotatable bonds is 3. The highest BCUT2D eigenvalue weighted by atomic mass is 79.9. The van der Waals surface area contributed by atoms with Crippen LogP contribution in [-0.4, -0.2) is 9.97 Å². The van der Waals surface area contributed by atoms with Crippen molar-refractivity contribution in [1.82, 2.24) is 9.97 Å². The molecule has 0 atom stereocenters. The predicted octanol–water partition coefficient (Wildman–Crippen LogP) is 4.07. The highest BCUT2D eigenvalue weighted by molar-refractivity contribution is 9.10. The molecule has 90 valence electrons. The molecule has 2 aromatic heterocycles. The molecule has 0 saturated carbocycles. The monoisotopic (exact) mass is 319 g/mol. The molecule has 0 saturated heterocycles. The fourth-order valence-corrected chi connectivity index (χ4v) is 3.10. The molecule has 5 heteroatoms. The van der Waals surface area contributed by atoms with Crippen molar-refractivity contribution in [3.8, 4) is 0 Å². The first-order valence-corrected chi connectivity index (χ1v) is 7.18. The van der Waals surface area contributed by atoms with Crippen molar-refractivity contribution in [3.63, 3.8) is 0 Å². The Hall–Kier alpha value is -1.46. The number of fused-ring (bicyclic) bond motifs is 1. The summed E-state index contributed by atoms with van der Waals surface area (Å²) < 4.78 is 1.13. The molecule has 3 nitrogen and oxygen atoms in total. The van der Waals surface area contributed by atoms with E-state index < -0.39 is 0 Å². The van der Waals surface area contributed by atoms with Crippen LogP contribution in [0.3, 0.4) is 0 Å². The van der Waals surface area contributed by atoms with Crippen molar-refractivity contribution < 1.29 is 0 Å². The minimum absolute atomic E-state index is 0.661. The Balaban J connectivity index is 1.81. The van der Waals surface area contributed by atoms with Crippen molar-refractivity contribution >= 4 is 44.1 Å². The van der Waals surface area contributed by atoms with Crippen LogP contribution >= 0.6 is 27.3 Å². The zero-order valence-electron chi connectivity index (χ0n) is 9.43. The first-order valence-electron chi connectivity index (χ1n) is 5.50. The largest absolute Gasteiger partial charge is 0.349 e. The molecule has 3 aromatic rings. The number of benzene rings is 1. The minimum atomic E-state index is 0.661. The van der Waals surface area contributed by atoms with Crippen LogP contribution in [0, 0.1) is 0 Å². The van der Waals surface area contributed by atoms with Crippen molar-refractivity contribution in [3.05, 3.63) is 51.3 Å². The van der Waals surface area contributed by atoms with Crippen molar-refractivity contribution in [2.24, 2.45) is 0 Å². The molecule has 0 bridgehead atoms. The summed E-state index contributed by atoms with van der Waals surface area (Å²) in [6.45, 7) is 0.733. The number of hydrogen-bond acceptors (Lipinski definition) is 4. The standard InChI is InChI=1S/C13H10BrN3S/c14-10-5-6-18-12(10)8-16-13-15-7-9-3-1-2-4-11(9)17-13/h1-7H,8H2,(H,15,16,17). The van der Waals surface area contributed by atoms with Crippen LogP contribution in [0.15, 0.2) is 46.4 Å². The van der Waals surface area contributed by atoms with Gasteiger partial charge in [-0.15, -0.1) is 11.3 Å². The van der Waals surface area contributed by atoms with E-state index in [1.165, 1.54) is 4.88 Å².